The maximum Gasteiger partial charge on any atom is 0.416 e. The molecule has 0 fully saturated rings. The minimum absolute atomic E-state index is 0.0171. The van der Waals surface area contributed by atoms with E-state index >= 15 is 0 Å². The van der Waals surface area contributed by atoms with E-state index in [1.54, 1.807) is 42.5 Å². The molecule has 0 saturated carbocycles. The number of nitrogens with one attached hydrogen (secondary N) is 2. The average molecular weight is 413 g/mol. The molecule has 0 saturated heterocycles. The molecule has 5 nitrogen and oxygen atoms in total. The molecule has 8 heteroatoms. The van der Waals surface area contributed by atoms with Gasteiger partial charge >= 0.3 is 6.18 Å². The summed E-state index contributed by atoms with van der Waals surface area (Å²) < 4.78 is 38.9. The summed E-state index contributed by atoms with van der Waals surface area (Å²) in [5, 5.41) is 5.53. The molecule has 30 heavy (non-hydrogen) atoms. The average Bonchev–Trinajstić information content (AvgIpc) is 2.72. The van der Waals surface area contributed by atoms with Crippen LogP contribution in [0.25, 0.3) is 0 Å². The standard InChI is InChI=1S/C22H18F3N3O2/c23-22(24,25)16-9-5-11-18(13-16)28-21(30)19(14-6-2-1-3-7-14)27-17-10-4-8-15(12-17)20(26)29/h1-13,19,27H,(H2,26,29)(H,28,30). The molecule has 0 aliphatic rings. The van der Waals surface area contributed by atoms with Gasteiger partial charge in [0.1, 0.15) is 6.04 Å². The first-order valence-electron chi connectivity index (χ1n) is 8.93. The molecule has 3 aromatic rings. The number of amides is 2. The van der Waals surface area contributed by atoms with Crippen LogP contribution in [0.3, 0.4) is 0 Å². The number of anilines is 2. The highest BCUT2D eigenvalue weighted by Gasteiger charge is 2.30. The minimum atomic E-state index is -4.52. The topological polar surface area (TPSA) is 84.2 Å². The molecule has 3 aromatic carbocycles. The van der Waals surface area contributed by atoms with Gasteiger partial charge in [0.2, 0.25) is 5.91 Å². The lowest BCUT2D eigenvalue weighted by Gasteiger charge is -2.20. The molecule has 0 heterocycles. The van der Waals surface area contributed by atoms with Gasteiger partial charge in [0.05, 0.1) is 5.56 Å². The number of hydrogen-bond acceptors (Lipinski definition) is 3. The summed E-state index contributed by atoms with van der Waals surface area (Å²) in [4.78, 5) is 24.4. The second kappa shape index (κ2) is 8.69. The predicted molar refractivity (Wildman–Crippen MR) is 108 cm³/mol. The first-order chi connectivity index (χ1) is 14.2. The molecule has 0 radical (unpaired) electrons. The van der Waals surface area contributed by atoms with Crippen LogP contribution >= 0.6 is 0 Å². The SMILES string of the molecule is NC(=O)c1cccc(NC(C(=O)Nc2cccc(C(F)(F)F)c2)c2ccccc2)c1. The lowest BCUT2D eigenvalue weighted by atomic mass is 10.0. The zero-order valence-corrected chi connectivity index (χ0v) is 15.6. The van der Waals surface area contributed by atoms with Gasteiger partial charge in [-0.05, 0) is 42.0 Å². The molecule has 1 atom stereocenters. The van der Waals surface area contributed by atoms with Gasteiger partial charge in [-0.15, -0.1) is 0 Å². The number of benzene rings is 3. The Kier molecular flexibility index (Phi) is 6.06. The van der Waals surface area contributed by atoms with Gasteiger partial charge in [-0.25, -0.2) is 0 Å². The van der Waals surface area contributed by atoms with Crippen LogP contribution in [0.5, 0.6) is 0 Å². The summed E-state index contributed by atoms with van der Waals surface area (Å²) in [5.41, 5.74) is 5.75. The van der Waals surface area contributed by atoms with Crippen LogP contribution in [0.1, 0.15) is 27.5 Å². The minimum Gasteiger partial charge on any atom is -0.370 e. The maximum atomic E-state index is 13.0. The number of primary amides is 1. The monoisotopic (exact) mass is 413 g/mol. The number of halogens is 3. The van der Waals surface area contributed by atoms with Crippen LogP contribution in [0, 0.1) is 0 Å². The van der Waals surface area contributed by atoms with Gasteiger partial charge in [-0.2, -0.15) is 13.2 Å². The zero-order valence-electron chi connectivity index (χ0n) is 15.6. The molecule has 0 aliphatic heterocycles. The summed E-state index contributed by atoms with van der Waals surface area (Å²) in [5.74, 6) is -1.19. The van der Waals surface area contributed by atoms with Crippen LogP contribution in [0.15, 0.2) is 78.9 Å². The molecule has 2 amide bonds. The second-order valence-electron chi connectivity index (χ2n) is 6.50. The van der Waals surface area contributed by atoms with Crippen LogP contribution < -0.4 is 16.4 Å². The molecule has 3 rings (SSSR count). The molecule has 0 bridgehead atoms. The van der Waals surface area contributed by atoms with Crippen molar-refractivity contribution in [3.8, 4) is 0 Å². The quantitative estimate of drug-likeness (QED) is 0.552. The molecule has 0 aromatic heterocycles. The number of nitrogens with two attached hydrogens (primary N) is 1. The van der Waals surface area contributed by atoms with E-state index in [0.29, 0.717) is 11.3 Å². The van der Waals surface area contributed by atoms with E-state index in [2.05, 4.69) is 10.6 Å². The molecule has 0 spiro atoms. The van der Waals surface area contributed by atoms with Crippen LogP contribution in [-0.4, -0.2) is 11.8 Å². The summed E-state index contributed by atoms with van der Waals surface area (Å²) in [7, 11) is 0. The summed E-state index contributed by atoms with van der Waals surface area (Å²) >= 11 is 0. The van der Waals surface area contributed by atoms with Crippen molar-refractivity contribution in [1.29, 1.82) is 0 Å². The largest absolute Gasteiger partial charge is 0.416 e. The number of rotatable bonds is 6. The Morgan fingerprint density at radius 3 is 2.17 bits per heavy atom. The molecule has 0 aliphatic carbocycles. The maximum absolute atomic E-state index is 13.0. The van der Waals surface area contributed by atoms with Gasteiger partial charge in [0.15, 0.2) is 0 Å². The predicted octanol–water partition coefficient (Wildman–Crippen LogP) is 4.60. The van der Waals surface area contributed by atoms with Crippen LogP contribution in [0.4, 0.5) is 24.5 Å². The Labute approximate surface area is 170 Å². The molecule has 1 unspecified atom stereocenters. The van der Waals surface area contributed by atoms with Gasteiger partial charge in [0, 0.05) is 16.9 Å². The summed E-state index contributed by atoms with van der Waals surface area (Å²) in [6.45, 7) is 0. The van der Waals surface area contributed by atoms with Crippen molar-refractivity contribution in [1.82, 2.24) is 0 Å². The van der Waals surface area contributed by atoms with E-state index in [0.717, 1.165) is 12.1 Å². The number of carbonyl (C=O) groups is 2. The van der Waals surface area contributed by atoms with Crippen molar-refractivity contribution >= 4 is 23.2 Å². The lowest BCUT2D eigenvalue weighted by molar-refractivity contribution is -0.137. The highest BCUT2D eigenvalue weighted by Crippen LogP contribution is 2.31. The third-order valence-electron chi connectivity index (χ3n) is 4.31. The molecule has 154 valence electrons. The van der Waals surface area contributed by atoms with E-state index in [1.807, 2.05) is 0 Å². The first-order valence-corrected chi connectivity index (χ1v) is 8.93. The van der Waals surface area contributed by atoms with Gasteiger partial charge in [-0.1, -0.05) is 42.5 Å². The Hall–Kier alpha value is -3.81. The second-order valence-corrected chi connectivity index (χ2v) is 6.50. The van der Waals surface area contributed by atoms with E-state index in [9.17, 15) is 22.8 Å². The third kappa shape index (κ3) is 5.16. The number of carbonyl (C=O) groups excluding carboxylic acids is 2. The Bertz CT molecular complexity index is 1050. The fourth-order valence-electron chi connectivity index (χ4n) is 2.86. The van der Waals surface area contributed by atoms with Gasteiger partial charge in [-0.3, -0.25) is 9.59 Å². The van der Waals surface area contributed by atoms with E-state index in [-0.39, 0.29) is 11.3 Å². The van der Waals surface area contributed by atoms with Crippen molar-refractivity contribution in [3.63, 3.8) is 0 Å². The van der Waals surface area contributed by atoms with E-state index in [1.165, 1.54) is 24.3 Å². The Morgan fingerprint density at radius 2 is 1.50 bits per heavy atom. The third-order valence-corrected chi connectivity index (χ3v) is 4.31. The Morgan fingerprint density at radius 1 is 0.833 bits per heavy atom. The first kappa shape index (κ1) is 20.9. The van der Waals surface area contributed by atoms with Gasteiger partial charge < -0.3 is 16.4 Å². The van der Waals surface area contributed by atoms with Crippen molar-refractivity contribution in [2.75, 3.05) is 10.6 Å². The van der Waals surface area contributed by atoms with E-state index in [4.69, 9.17) is 5.73 Å². The Balaban J connectivity index is 1.89. The highest BCUT2D eigenvalue weighted by atomic mass is 19.4. The van der Waals surface area contributed by atoms with Gasteiger partial charge in [0.25, 0.3) is 5.91 Å². The molecule has 4 N–H and O–H groups in total. The summed E-state index contributed by atoms with van der Waals surface area (Å²) in [6, 6.07) is 18.4. The number of hydrogen-bond donors (Lipinski definition) is 3. The van der Waals surface area contributed by atoms with Crippen molar-refractivity contribution in [2.45, 2.75) is 12.2 Å². The molecular formula is C22H18F3N3O2. The fourth-order valence-corrected chi connectivity index (χ4v) is 2.86. The lowest BCUT2D eigenvalue weighted by Crippen LogP contribution is -2.27. The normalized spacial score (nSPS) is 12.1. The van der Waals surface area contributed by atoms with Crippen molar-refractivity contribution < 1.29 is 22.8 Å². The molecular weight excluding hydrogens is 395 g/mol. The van der Waals surface area contributed by atoms with Crippen LogP contribution in [-0.2, 0) is 11.0 Å². The van der Waals surface area contributed by atoms with Crippen molar-refractivity contribution in [2.24, 2.45) is 5.73 Å². The van der Waals surface area contributed by atoms with Crippen LogP contribution in [0.2, 0.25) is 0 Å². The highest BCUT2D eigenvalue weighted by molar-refractivity contribution is 5.98. The smallest absolute Gasteiger partial charge is 0.370 e. The fraction of sp³-hybridized carbons (Fsp3) is 0.0909. The van der Waals surface area contributed by atoms with E-state index < -0.39 is 29.6 Å². The summed E-state index contributed by atoms with van der Waals surface area (Å²) in [6.07, 6.45) is -4.52. The van der Waals surface area contributed by atoms with Crippen molar-refractivity contribution in [3.05, 3.63) is 95.6 Å². The number of alkyl halides is 3. The zero-order chi connectivity index (χ0) is 21.7.